The van der Waals surface area contributed by atoms with Gasteiger partial charge in [0.2, 0.25) is 0 Å². The maximum atomic E-state index is 11.1. The molecule has 0 bridgehead atoms. The SMILES string of the molecule is CC(C)C(CN(C)Cc1cccc(Br)c1)C(=O)O. The molecular weight excluding hydrogens is 294 g/mol. The van der Waals surface area contributed by atoms with Crippen molar-refractivity contribution >= 4 is 21.9 Å². The third-order valence-electron chi connectivity index (χ3n) is 2.97. The van der Waals surface area contributed by atoms with Crippen LogP contribution in [0.5, 0.6) is 0 Å². The molecule has 0 saturated heterocycles. The van der Waals surface area contributed by atoms with E-state index >= 15 is 0 Å². The lowest BCUT2D eigenvalue weighted by Crippen LogP contribution is -2.33. The molecule has 0 radical (unpaired) electrons. The molecule has 0 saturated carbocycles. The van der Waals surface area contributed by atoms with E-state index < -0.39 is 5.97 Å². The summed E-state index contributed by atoms with van der Waals surface area (Å²) in [6.07, 6.45) is 0. The molecule has 3 nitrogen and oxygen atoms in total. The van der Waals surface area contributed by atoms with Crippen LogP contribution in [0.1, 0.15) is 19.4 Å². The predicted molar refractivity (Wildman–Crippen MR) is 76.4 cm³/mol. The highest BCUT2D eigenvalue weighted by atomic mass is 79.9. The van der Waals surface area contributed by atoms with Crippen molar-refractivity contribution in [3.63, 3.8) is 0 Å². The van der Waals surface area contributed by atoms with Gasteiger partial charge in [0.25, 0.3) is 0 Å². The maximum Gasteiger partial charge on any atom is 0.308 e. The highest BCUT2D eigenvalue weighted by Crippen LogP contribution is 2.16. The molecule has 1 aromatic rings. The van der Waals surface area contributed by atoms with Gasteiger partial charge in [-0.3, -0.25) is 4.79 Å². The van der Waals surface area contributed by atoms with Gasteiger partial charge in [-0.05, 0) is 30.7 Å². The van der Waals surface area contributed by atoms with Gasteiger partial charge in [0, 0.05) is 17.6 Å². The Morgan fingerprint density at radius 3 is 2.61 bits per heavy atom. The summed E-state index contributed by atoms with van der Waals surface area (Å²) in [5.41, 5.74) is 1.18. The van der Waals surface area contributed by atoms with E-state index in [0.29, 0.717) is 6.54 Å². The van der Waals surface area contributed by atoms with Gasteiger partial charge in [0.15, 0.2) is 0 Å². The van der Waals surface area contributed by atoms with Crippen LogP contribution in [0.4, 0.5) is 0 Å². The molecule has 1 unspecified atom stereocenters. The third-order valence-corrected chi connectivity index (χ3v) is 3.47. The van der Waals surface area contributed by atoms with Crippen LogP contribution in [-0.2, 0) is 11.3 Å². The quantitative estimate of drug-likeness (QED) is 0.876. The van der Waals surface area contributed by atoms with Gasteiger partial charge in [-0.2, -0.15) is 0 Å². The first-order chi connectivity index (χ1) is 8.40. The molecule has 0 spiro atoms. The van der Waals surface area contributed by atoms with Crippen LogP contribution in [0.2, 0.25) is 0 Å². The van der Waals surface area contributed by atoms with E-state index in [1.165, 1.54) is 5.56 Å². The Kier molecular flexibility index (Phi) is 5.82. The summed E-state index contributed by atoms with van der Waals surface area (Å²) in [6.45, 7) is 5.23. The summed E-state index contributed by atoms with van der Waals surface area (Å²) in [5, 5.41) is 9.17. The predicted octanol–water partition coefficient (Wildman–Crippen LogP) is 3.24. The smallest absolute Gasteiger partial charge is 0.308 e. The van der Waals surface area contributed by atoms with Gasteiger partial charge in [-0.1, -0.05) is 41.9 Å². The van der Waals surface area contributed by atoms with E-state index in [9.17, 15) is 4.79 Å². The van der Waals surface area contributed by atoms with Crippen molar-refractivity contribution in [3.8, 4) is 0 Å². The number of halogens is 1. The summed E-state index contributed by atoms with van der Waals surface area (Å²) < 4.78 is 1.05. The lowest BCUT2D eigenvalue weighted by molar-refractivity contribution is -0.144. The van der Waals surface area contributed by atoms with Crippen molar-refractivity contribution in [2.75, 3.05) is 13.6 Å². The van der Waals surface area contributed by atoms with E-state index in [2.05, 4.69) is 26.9 Å². The fourth-order valence-electron chi connectivity index (χ4n) is 1.92. The lowest BCUT2D eigenvalue weighted by atomic mass is 9.95. The van der Waals surface area contributed by atoms with Crippen molar-refractivity contribution in [3.05, 3.63) is 34.3 Å². The number of benzene rings is 1. The largest absolute Gasteiger partial charge is 0.481 e. The molecule has 1 rings (SSSR count). The third kappa shape index (κ3) is 4.78. The van der Waals surface area contributed by atoms with Crippen LogP contribution in [0.25, 0.3) is 0 Å². The Bertz CT molecular complexity index is 407. The Morgan fingerprint density at radius 1 is 1.44 bits per heavy atom. The number of carbonyl (C=O) groups is 1. The molecule has 18 heavy (non-hydrogen) atoms. The first-order valence-electron chi connectivity index (χ1n) is 6.06. The molecule has 0 heterocycles. The van der Waals surface area contributed by atoms with E-state index in [1.54, 1.807) is 0 Å². The number of carboxylic acid groups (broad SMARTS) is 1. The molecular formula is C14H20BrNO2. The molecule has 0 aromatic heterocycles. The zero-order valence-electron chi connectivity index (χ0n) is 11.1. The van der Waals surface area contributed by atoms with Crippen LogP contribution in [0.15, 0.2) is 28.7 Å². The number of aliphatic carboxylic acids is 1. The monoisotopic (exact) mass is 313 g/mol. The number of hydrogen-bond acceptors (Lipinski definition) is 2. The van der Waals surface area contributed by atoms with E-state index in [-0.39, 0.29) is 11.8 Å². The average Bonchev–Trinajstić information content (AvgIpc) is 2.25. The van der Waals surface area contributed by atoms with Gasteiger partial charge in [0.1, 0.15) is 0 Å². The zero-order valence-corrected chi connectivity index (χ0v) is 12.6. The first-order valence-corrected chi connectivity index (χ1v) is 6.85. The minimum Gasteiger partial charge on any atom is -0.481 e. The first kappa shape index (κ1) is 15.2. The van der Waals surface area contributed by atoms with Crippen LogP contribution in [0, 0.1) is 11.8 Å². The second kappa shape index (κ2) is 6.90. The van der Waals surface area contributed by atoms with Crippen molar-refractivity contribution < 1.29 is 9.90 Å². The maximum absolute atomic E-state index is 11.1. The highest BCUT2D eigenvalue weighted by Gasteiger charge is 2.22. The molecule has 0 amide bonds. The van der Waals surface area contributed by atoms with Crippen LogP contribution >= 0.6 is 15.9 Å². The number of carboxylic acids is 1. The summed E-state index contributed by atoms with van der Waals surface area (Å²) in [6, 6.07) is 8.08. The minimum absolute atomic E-state index is 0.146. The Hall–Kier alpha value is -0.870. The Labute approximate surface area is 117 Å². The number of rotatable bonds is 6. The molecule has 100 valence electrons. The van der Waals surface area contributed by atoms with Crippen molar-refractivity contribution in [1.82, 2.24) is 4.90 Å². The molecule has 0 fully saturated rings. The van der Waals surface area contributed by atoms with Gasteiger partial charge in [-0.25, -0.2) is 0 Å². The fourth-order valence-corrected chi connectivity index (χ4v) is 2.37. The lowest BCUT2D eigenvalue weighted by Gasteiger charge is -2.23. The molecule has 1 aromatic carbocycles. The fraction of sp³-hybridized carbons (Fsp3) is 0.500. The second-order valence-electron chi connectivity index (χ2n) is 5.02. The van der Waals surface area contributed by atoms with E-state index in [4.69, 9.17) is 5.11 Å². The zero-order chi connectivity index (χ0) is 13.7. The van der Waals surface area contributed by atoms with Crippen molar-refractivity contribution in [2.45, 2.75) is 20.4 Å². The van der Waals surface area contributed by atoms with Crippen LogP contribution in [-0.4, -0.2) is 29.6 Å². The topological polar surface area (TPSA) is 40.5 Å². The standard InChI is InChI=1S/C14H20BrNO2/c1-10(2)13(14(17)18)9-16(3)8-11-5-4-6-12(15)7-11/h4-7,10,13H,8-9H2,1-3H3,(H,17,18). The van der Waals surface area contributed by atoms with E-state index in [0.717, 1.165) is 11.0 Å². The molecule has 4 heteroatoms. The molecule has 1 N–H and O–H groups in total. The summed E-state index contributed by atoms with van der Waals surface area (Å²) in [4.78, 5) is 13.2. The van der Waals surface area contributed by atoms with Crippen LogP contribution in [0.3, 0.4) is 0 Å². The van der Waals surface area contributed by atoms with Crippen molar-refractivity contribution in [1.29, 1.82) is 0 Å². The Balaban J connectivity index is 2.60. The minimum atomic E-state index is -0.717. The van der Waals surface area contributed by atoms with Gasteiger partial charge in [-0.15, -0.1) is 0 Å². The average molecular weight is 314 g/mol. The molecule has 0 aliphatic heterocycles. The summed E-state index contributed by atoms with van der Waals surface area (Å²) in [5.74, 6) is -0.888. The summed E-state index contributed by atoms with van der Waals surface area (Å²) in [7, 11) is 1.96. The van der Waals surface area contributed by atoms with Crippen molar-refractivity contribution in [2.24, 2.45) is 11.8 Å². The number of nitrogens with zero attached hydrogens (tertiary/aromatic N) is 1. The van der Waals surface area contributed by atoms with Gasteiger partial charge in [0.05, 0.1) is 5.92 Å². The van der Waals surface area contributed by atoms with E-state index in [1.807, 2.05) is 39.1 Å². The Morgan fingerprint density at radius 2 is 2.11 bits per heavy atom. The number of hydrogen-bond donors (Lipinski definition) is 1. The van der Waals surface area contributed by atoms with Gasteiger partial charge < -0.3 is 10.0 Å². The highest BCUT2D eigenvalue weighted by molar-refractivity contribution is 9.10. The summed E-state index contributed by atoms with van der Waals surface area (Å²) >= 11 is 3.44. The molecule has 1 atom stereocenters. The molecule has 0 aliphatic rings. The second-order valence-corrected chi connectivity index (χ2v) is 5.93. The normalized spacial score (nSPS) is 13.0. The van der Waals surface area contributed by atoms with Crippen LogP contribution < -0.4 is 0 Å². The van der Waals surface area contributed by atoms with Gasteiger partial charge >= 0.3 is 5.97 Å². The molecule has 0 aliphatic carbocycles.